The van der Waals surface area contributed by atoms with E-state index in [1.54, 1.807) is 18.2 Å². The average Bonchev–Trinajstić information content (AvgIpc) is 2.38. The molecule has 0 atom stereocenters. The summed E-state index contributed by atoms with van der Waals surface area (Å²) in [6, 6.07) is 11.7. The van der Waals surface area contributed by atoms with Gasteiger partial charge in [0.05, 0.1) is 4.92 Å². The third-order valence-corrected chi connectivity index (χ3v) is 3.92. The van der Waals surface area contributed by atoms with Crippen molar-refractivity contribution in [2.75, 3.05) is 0 Å². The molecule has 0 aliphatic carbocycles. The van der Waals surface area contributed by atoms with Gasteiger partial charge in [-0.3, -0.25) is 14.9 Å². The Morgan fingerprint density at radius 1 is 1.00 bits per heavy atom. The van der Waals surface area contributed by atoms with Crippen LogP contribution in [-0.4, -0.2) is 4.92 Å². The van der Waals surface area contributed by atoms with Gasteiger partial charge in [-0.25, -0.2) is 0 Å². The maximum Gasteiger partial charge on any atom is 0.270 e. The molecule has 2 aromatic carbocycles. The lowest BCUT2D eigenvalue weighted by atomic mass is 10.2. The topological polar surface area (TPSA) is 60.2 Å². The number of non-ortho nitro benzene ring substituents is 1. The lowest BCUT2D eigenvalue weighted by Gasteiger charge is -2.00. The van der Waals surface area contributed by atoms with E-state index in [1.165, 1.54) is 23.5 Å². The molecule has 0 radical (unpaired) electrons. The highest BCUT2D eigenvalue weighted by Gasteiger charge is 2.10. The first-order valence-corrected chi connectivity index (χ1v) is 6.08. The minimum Gasteiger partial charge on any atom is -0.288 e. The van der Waals surface area contributed by atoms with E-state index in [2.05, 4.69) is 0 Å². The molecule has 4 nitrogen and oxygen atoms in total. The third-order valence-electron chi connectivity index (χ3n) is 2.77. The molecule has 0 saturated carbocycles. The molecular weight excluding hydrogens is 250 g/mol. The highest BCUT2D eigenvalue weighted by atomic mass is 32.1. The summed E-state index contributed by atoms with van der Waals surface area (Å²) in [6.45, 7) is 0. The van der Waals surface area contributed by atoms with Crippen LogP contribution >= 0.6 is 11.3 Å². The average molecular weight is 257 g/mol. The number of benzene rings is 2. The normalized spacial score (nSPS) is 10.9. The summed E-state index contributed by atoms with van der Waals surface area (Å²) in [5.41, 5.74) is -0.204. The summed E-state index contributed by atoms with van der Waals surface area (Å²) in [5.74, 6) is 0. The van der Waals surface area contributed by atoms with Crippen LogP contribution in [0, 0.1) is 10.1 Å². The van der Waals surface area contributed by atoms with Gasteiger partial charge >= 0.3 is 0 Å². The molecule has 0 amide bonds. The van der Waals surface area contributed by atoms with Crippen LogP contribution in [0.4, 0.5) is 5.69 Å². The number of nitrogens with zero attached hydrogens (tertiary/aromatic N) is 1. The van der Waals surface area contributed by atoms with E-state index >= 15 is 0 Å². The van der Waals surface area contributed by atoms with Crippen LogP contribution in [0.15, 0.2) is 47.3 Å². The van der Waals surface area contributed by atoms with Crippen molar-refractivity contribution in [2.45, 2.75) is 0 Å². The van der Waals surface area contributed by atoms with Crippen molar-refractivity contribution in [3.8, 4) is 0 Å². The van der Waals surface area contributed by atoms with Gasteiger partial charge < -0.3 is 0 Å². The van der Waals surface area contributed by atoms with E-state index in [0.29, 0.717) is 10.8 Å². The van der Waals surface area contributed by atoms with Crippen LogP contribution in [0.5, 0.6) is 0 Å². The van der Waals surface area contributed by atoms with Gasteiger partial charge in [0.2, 0.25) is 0 Å². The van der Waals surface area contributed by atoms with E-state index in [0.717, 1.165) is 9.40 Å². The summed E-state index contributed by atoms with van der Waals surface area (Å²) in [7, 11) is 0. The molecule has 0 saturated heterocycles. The lowest BCUT2D eigenvalue weighted by molar-refractivity contribution is -0.384. The first-order valence-electron chi connectivity index (χ1n) is 5.27. The maximum atomic E-state index is 12.2. The summed E-state index contributed by atoms with van der Waals surface area (Å²) < 4.78 is 1.66. The van der Waals surface area contributed by atoms with E-state index in [9.17, 15) is 14.9 Å². The standard InChI is InChI=1S/C13H7NO3S/c15-13-9-3-1-2-4-11(9)18-12-6-5-8(14(16)17)7-10(12)13/h1-7H. The number of nitro benzene ring substituents is 1. The molecule has 0 unspecified atom stereocenters. The van der Waals surface area contributed by atoms with Gasteiger partial charge in [-0.05, 0) is 18.2 Å². The molecule has 0 fully saturated rings. The second-order valence-corrected chi connectivity index (χ2v) is 4.95. The predicted molar refractivity (Wildman–Crippen MR) is 72.3 cm³/mol. The van der Waals surface area contributed by atoms with Crippen molar-refractivity contribution in [1.29, 1.82) is 0 Å². The molecular formula is C13H7NO3S. The Morgan fingerprint density at radius 2 is 1.72 bits per heavy atom. The van der Waals surface area contributed by atoms with Gasteiger partial charge in [-0.1, -0.05) is 12.1 Å². The van der Waals surface area contributed by atoms with E-state index in [-0.39, 0.29) is 11.1 Å². The molecule has 5 heteroatoms. The van der Waals surface area contributed by atoms with Gasteiger partial charge in [0.15, 0.2) is 5.43 Å². The second-order valence-electron chi connectivity index (χ2n) is 3.86. The number of hydrogen-bond acceptors (Lipinski definition) is 4. The van der Waals surface area contributed by atoms with Crippen molar-refractivity contribution >= 4 is 37.2 Å². The molecule has 0 spiro atoms. The molecule has 0 aliphatic rings. The van der Waals surface area contributed by atoms with Gasteiger partial charge in [0.25, 0.3) is 5.69 Å². The van der Waals surface area contributed by atoms with Crippen molar-refractivity contribution < 1.29 is 4.92 Å². The minimum atomic E-state index is -0.487. The molecule has 0 bridgehead atoms. The quantitative estimate of drug-likeness (QED) is 0.381. The Bertz CT molecular complexity index is 838. The van der Waals surface area contributed by atoms with Gasteiger partial charge in [0.1, 0.15) is 0 Å². The Balaban J connectivity index is 2.49. The maximum absolute atomic E-state index is 12.2. The highest BCUT2D eigenvalue weighted by Crippen LogP contribution is 2.26. The fourth-order valence-corrected chi connectivity index (χ4v) is 2.96. The summed E-state index contributed by atoms with van der Waals surface area (Å²) >= 11 is 1.46. The first-order chi connectivity index (χ1) is 8.66. The predicted octanol–water partition coefficient (Wildman–Crippen LogP) is 3.32. The SMILES string of the molecule is O=c1c2ccccc2sc2ccc([N+](=O)[O-])cc12. The van der Waals surface area contributed by atoms with Crippen molar-refractivity contribution in [3.05, 3.63) is 62.8 Å². The molecule has 1 aromatic heterocycles. The number of fused-ring (bicyclic) bond motifs is 2. The minimum absolute atomic E-state index is 0.0536. The summed E-state index contributed by atoms with van der Waals surface area (Å²) in [4.78, 5) is 22.5. The third kappa shape index (κ3) is 1.56. The lowest BCUT2D eigenvalue weighted by Crippen LogP contribution is -2.01. The smallest absolute Gasteiger partial charge is 0.270 e. The van der Waals surface area contributed by atoms with Crippen LogP contribution < -0.4 is 5.43 Å². The zero-order valence-electron chi connectivity index (χ0n) is 9.12. The van der Waals surface area contributed by atoms with Crippen LogP contribution in [0.2, 0.25) is 0 Å². The Labute approximate surface area is 105 Å². The van der Waals surface area contributed by atoms with Crippen molar-refractivity contribution in [2.24, 2.45) is 0 Å². The summed E-state index contributed by atoms with van der Waals surface area (Å²) in [6.07, 6.45) is 0. The number of nitro groups is 1. The van der Waals surface area contributed by atoms with Crippen LogP contribution in [0.3, 0.4) is 0 Å². The van der Waals surface area contributed by atoms with Crippen molar-refractivity contribution in [1.82, 2.24) is 0 Å². The largest absolute Gasteiger partial charge is 0.288 e. The van der Waals surface area contributed by atoms with Gasteiger partial charge in [-0.2, -0.15) is 0 Å². The van der Waals surface area contributed by atoms with E-state index in [1.807, 2.05) is 12.1 Å². The zero-order chi connectivity index (χ0) is 12.7. The monoisotopic (exact) mass is 257 g/mol. The second kappa shape index (κ2) is 3.89. The van der Waals surface area contributed by atoms with Crippen LogP contribution in [-0.2, 0) is 0 Å². The highest BCUT2D eigenvalue weighted by molar-refractivity contribution is 7.24. The Kier molecular flexibility index (Phi) is 2.34. The number of rotatable bonds is 1. The molecule has 1 heterocycles. The Morgan fingerprint density at radius 3 is 2.50 bits per heavy atom. The molecule has 0 N–H and O–H groups in total. The molecule has 0 aliphatic heterocycles. The zero-order valence-corrected chi connectivity index (χ0v) is 9.94. The summed E-state index contributed by atoms with van der Waals surface area (Å²) in [5, 5.41) is 11.7. The fraction of sp³-hybridized carbons (Fsp3) is 0. The number of hydrogen-bond donors (Lipinski definition) is 0. The van der Waals surface area contributed by atoms with Crippen LogP contribution in [0.25, 0.3) is 20.2 Å². The molecule has 3 rings (SSSR count). The first kappa shape index (κ1) is 10.9. The fourth-order valence-electron chi connectivity index (χ4n) is 1.90. The molecule has 88 valence electrons. The van der Waals surface area contributed by atoms with E-state index < -0.39 is 4.92 Å². The van der Waals surface area contributed by atoms with Gasteiger partial charge in [-0.15, -0.1) is 11.3 Å². The molecule has 18 heavy (non-hydrogen) atoms. The Hall–Kier alpha value is -2.27. The van der Waals surface area contributed by atoms with E-state index in [4.69, 9.17) is 0 Å². The van der Waals surface area contributed by atoms with Crippen molar-refractivity contribution in [3.63, 3.8) is 0 Å². The molecule has 3 aromatic rings. The van der Waals surface area contributed by atoms with Crippen LogP contribution in [0.1, 0.15) is 0 Å². The van der Waals surface area contributed by atoms with Gasteiger partial charge in [0, 0.05) is 32.3 Å².